The fourth-order valence-electron chi connectivity index (χ4n) is 4.85. The molecule has 1 saturated carbocycles. The van der Waals surface area contributed by atoms with E-state index in [1.165, 1.54) is 19.3 Å². The molecule has 1 unspecified atom stereocenters. The van der Waals surface area contributed by atoms with E-state index in [-0.39, 0.29) is 5.75 Å². The summed E-state index contributed by atoms with van der Waals surface area (Å²) in [6.07, 6.45) is 10.4. The SMILES string of the molecule is CN1CCC(n2ccc3cc(-c4ccc(-n5ccnn5)cc4O)nnc32)CC12CC2. The number of nitrogens with zero attached hydrogens (tertiary/aromatic N) is 7. The van der Waals surface area contributed by atoms with Crippen LogP contribution in [0, 0.1) is 0 Å². The first-order valence-corrected chi connectivity index (χ1v) is 10.4. The van der Waals surface area contributed by atoms with Gasteiger partial charge in [0.2, 0.25) is 0 Å². The van der Waals surface area contributed by atoms with Crippen molar-refractivity contribution in [3.05, 3.63) is 48.9 Å². The lowest BCUT2D eigenvalue weighted by Crippen LogP contribution is -2.42. The summed E-state index contributed by atoms with van der Waals surface area (Å²) >= 11 is 0. The molecule has 1 aromatic carbocycles. The molecule has 1 aliphatic carbocycles. The van der Waals surface area contributed by atoms with Crippen molar-refractivity contribution in [2.45, 2.75) is 37.3 Å². The summed E-state index contributed by atoms with van der Waals surface area (Å²) in [4.78, 5) is 2.53. The van der Waals surface area contributed by atoms with Crippen molar-refractivity contribution in [3.8, 4) is 22.7 Å². The molecule has 6 rings (SSSR count). The molecule has 8 heteroatoms. The van der Waals surface area contributed by atoms with Crippen LogP contribution in [0.25, 0.3) is 28.0 Å². The second-order valence-corrected chi connectivity index (χ2v) is 8.57. The molecular formula is C22H23N7O. The van der Waals surface area contributed by atoms with Gasteiger partial charge in [0.15, 0.2) is 5.65 Å². The Labute approximate surface area is 173 Å². The average Bonchev–Trinajstić information content (AvgIpc) is 3.17. The Hall–Kier alpha value is -3.26. The van der Waals surface area contributed by atoms with Gasteiger partial charge in [0, 0.05) is 41.3 Å². The van der Waals surface area contributed by atoms with Gasteiger partial charge in [-0.3, -0.25) is 0 Å². The second kappa shape index (κ2) is 6.37. The van der Waals surface area contributed by atoms with Crippen LogP contribution < -0.4 is 0 Å². The zero-order valence-corrected chi connectivity index (χ0v) is 16.8. The van der Waals surface area contributed by atoms with E-state index < -0.39 is 0 Å². The Kier molecular flexibility index (Phi) is 3.73. The van der Waals surface area contributed by atoms with E-state index in [0.29, 0.717) is 22.8 Å². The summed E-state index contributed by atoms with van der Waals surface area (Å²) in [6, 6.07) is 9.96. The van der Waals surface area contributed by atoms with Crippen molar-refractivity contribution < 1.29 is 5.11 Å². The molecule has 1 aliphatic heterocycles. The molecule has 0 radical (unpaired) electrons. The minimum atomic E-state index is 0.141. The van der Waals surface area contributed by atoms with E-state index >= 15 is 0 Å². The molecule has 1 N–H and O–H groups in total. The Bertz CT molecular complexity index is 1230. The summed E-state index contributed by atoms with van der Waals surface area (Å²) in [6.45, 7) is 1.13. The van der Waals surface area contributed by atoms with E-state index in [2.05, 4.69) is 49.3 Å². The third-order valence-corrected chi connectivity index (χ3v) is 6.85. The molecule has 2 fully saturated rings. The van der Waals surface area contributed by atoms with E-state index in [0.717, 1.165) is 29.7 Å². The van der Waals surface area contributed by atoms with E-state index in [4.69, 9.17) is 0 Å². The number of likely N-dealkylation sites (tertiary alicyclic amines) is 1. The standard InChI is InChI=1S/C22H23N7O/c1-27-9-5-17(14-22(27)6-7-22)28-10-4-15-12-19(24-25-21(15)28)18-3-2-16(13-20(18)30)29-11-8-23-26-29/h2-4,8,10-13,17,30H,5-7,9,14H2,1H3. The van der Waals surface area contributed by atoms with Crippen LogP contribution in [0.1, 0.15) is 31.7 Å². The van der Waals surface area contributed by atoms with Crippen LogP contribution in [0.3, 0.4) is 0 Å². The predicted octanol–water partition coefficient (Wildman–Crippen LogP) is 3.18. The molecule has 1 spiro atoms. The van der Waals surface area contributed by atoms with Gasteiger partial charge in [-0.2, -0.15) is 0 Å². The molecule has 152 valence electrons. The Morgan fingerprint density at radius 3 is 2.77 bits per heavy atom. The third-order valence-electron chi connectivity index (χ3n) is 6.85. The molecule has 1 atom stereocenters. The number of phenolic OH excluding ortho intramolecular Hbond substituents is 1. The Balaban J connectivity index is 1.32. The lowest BCUT2D eigenvalue weighted by Gasteiger charge is -2.38. The summed E-state index contributed by atoms with van der Waals surface area (Å²) in [5.74, 6) is 0.141. The Morgan fingerprint density at radius 1 is 1.10 bits per heavy atom. The maximum absolute atomic E-state index is 10.6. The van der Waals surface area contributed by atoms with Crippen molar-refractivity contribution in [1.82, 2.24) is 34.7 Å². The summed E-state index contributed by atoms with van der Waals surface area (Å²) in [7, 11) is 2.25. The van der Waals surface area contributed by atoms with Crippen LogP contribution in [-0.4, -0.2) is 58.9 Å². The van der Waals surface area contributed by atoms with Gasteiger partial charge in [-0.15, -0.1) is 15.3 Å². The monoisotopic (exact) mass is 401 g/mol. The van der Waals surface area contributed by atoms with Gasteiger partial charge in [0.05, 0.1) is 23.8 Å². The normalized spacial score (nSPS) is 20.8. The van der Waals surface area contributed by atoms with Crippen molar-refractivity contribution >= 4 is 11.0 Å². The fourth-order valence-corrected chi connectivity index (χ4v) is 4.85. The molecule has 2 aliphatic rings. The van der Waals surface area contributed by atoms with E-state index in [1.807, 2.05) is 18.2 Å². The molecule has 4 aromatic rings. The number of hydrogen-bond donors (Lipinski definition) is 1. The smallest absolute Gasteiger partial charge is 0.162 e. The van der Waals surface area contributed by atoms with Gasteiger partial charge >= 0.3 is 0 Å². The number of rotatable bonds is 3. The fraction of sp³-hybridized carbons (Fsp3) is 0.364. The molecule has 8 nitrogen and oxygen atoms in total. The van der Waals surface area contributed by atoms with Gasteiger partial charge < -0.3 is 14.6 Å². The number of aromatic hydroxyl groups is 1. The lowest BCUT2D eigenvalue weighted by atomic mass is 9.95. The first-order valence-electron chi connectivity index (χ1n) is 10.4. The molecule has 0 bridgehead atoms. The summed E-state index contributed by atoms with van der Waals surface area (Å²) in [5, 5.41) is 28.4. The first-order chi connectivity index (χ1) is 14.6. The number of benzene rings is 1. The first kappa shape index (κ1) is 17.6. The molecule has 30 heavy (non-hydrogen) atoms. The van der Waals surface area contributed by atoms with Crippen LogP contribution in [0.2, 0.25) is 0 Å². The van der Waals surface area contributed by atoms with Crippen LogP contribution >= 0.6 is 0 Å². The molecule has 0 amide bonds. The highest BCUT2D eigenvalue weighted by Crippen LogP contribution is 2.50. The Morgan fingerprint density at radius 2 is 2.00 bits per heavy atom. The van der Waals surface area contributed by atoms with Gasteiger partial charge in [-0.25, -0.2) is 4.68 Å². The van der Waals surface area contributed by atoms with Crippen LogP contribution in [-0.2, 0) is 0 Å². The zero-order valence-electron chi connectivity index (χ0n) is 16.8. The average molecular weight is 401 g/mol. The molecule has 1 saturated heterocycles. The van der Waals surface area contributed by atoms with Gasteiger partial charge in [0.1, 0.15) is 5.75 Å². The maximum Gasteiger partial charge on any atom is 0.162 e. The van der Waals surface area contributed by atoms with Gasteiger partial charge in [-0.1, -0.05) is 5.21 Å². The van der Waals surface area contributed by atoms with Gasteiger partial charge in [0.25, 0.3) is 0 Å². The quantitative estimate of drug-likeness (QED) is 0.568. The lowest BCUT2D eigenvalue weighted by molar-refractivity contribution is 0.128. The highest BCUT2D eigenvalue weighted by atomic mass is 16.3. The number of hydrogen-bond acceptors (Lipinski definition) is 6. The molecular weight excluding hydrogens is 378 g/mol. The van der Waals surface area contributed by atoms with E-state index in [1.54, 1.807) is 23.1 Å². The van der Waals surface area contributed by atoms with Crippen LogP contribution in [0.4, 0.5) is 0 Å². The van der Waals surface area contributed by atoms with E-state index in [9.17, 15) is 5.11 Å². The van der Waals surface area contributed by atoms with Crippen molar-refractivity contribution in [1.29, 1.82) is 0 Å². The number of aromatic nitrogens is 6. The number of fused-ring (bicyclic) bond motifs is 1. The molecule has 4 heterocycles. The maximum atomic E-state index is 10.6. The summed E-state index contributed by atoms with van der Waals surface area (Å²) in [5.41, 5.74) is 3.38. The highest BCUT2D eigenvalue weighted by Gasteiger charge is 2.50. The minimum absolute atomic E-state index is 0.141. The molecule has 3 aromatic heterocycles. The zero-order chi connectivity index (χ0) is 20.3. The van der Waals surface area contributed by atoms with Gasteiger partial charge in [-0.05, 0) is 57.0 Å². The number of phenols is 1. The largest absolute Gasteiger partial charge is 0.507 e. The summed E-state index contributed by atoms with van der Waals surface area (Å²) < 4.78 is 3.90. The van der Waals surface area contributed by atoms with Crippen molar-refractivity contribution in [2.24, 2.45) is 0 Å². The highest BCUT2D eigenvalue weighted by molar-refractivity contribution is 5.81. The number of piperidine rings is 1. The van der Waals surface area contributed by atoms with Crippen LogP contribution in [0.5, 0.6) is 5.75 Å². The predicted molar refractivity (Wildman–Crippen MR) is 112 cm³/mol. The van der Waals surface area contributed by atoms with Crippen LogP contribution in [0.15, 0.2) is 48.9 Å². The second-order valence-electron chi connectivity index (χ2n) is 8.57. The topological polar surface area (TPSA) is 84.9 Å². The third kappa shape index (κ3) is 2.71. The van der Waals surface area contributed by atoms with Crippen molar-refractivity contribution in [3.63, 3.8) is 0 Å². The minimum Gasteiger partial charge on any atom is -0.507 e. The van der Waals surface area contributed by atoms with Crippen molar-refractivity contribution in [2.75, 3.05) is 13.6 Å².